The van der Waals surface area contributed by atoms with Crippen molar-refractivity contribution >= 4 is 28.3 Å². The van der Waals surface area contributed by atoms with Gasteiger partial charge in [0.2, 0.25) is 0 Å². The molecule has 90 valence electrons. The van der Waals surface area contributed by atoms with Gasteiger partial charge in [0.15, 0.2) is 0 Å². The Hall–Kier alpha value is -0.490. The quantitative estimate of drug-likeness (QED) is 0.473. The Labute approximate surface area is 110 Å². The van der Waals surface area contributed by atoms with Gasteiger partial charge in [0.05, 0.1) is 12.3 Å². The van der Waals surface area contributed by atoms with Crippen molar-refractivity contribution in [3.8, 4) is 5.75 Å². The summed E-state index contributed by atoms with van der Waals surface area (Å²) in [6, 6.07) is 5.77. The molecule has 0 radical (unpaired) electrons. The molecule has 0 bridgehead atoms. The molecule has 3 nitrogen and oxygen atoms in total. The van der Waals surface area contributed by atoms with Crippen LogP contribution in [0.3, 0.4) is 0 Å². The fraction of sp³-hybridized carbons (Fsp3) is 0.500. The number of nitrogens with two attached hydrogens (primary N) is 1. The van der Waals surface area contributed by atoms with Crippen LogP contribution in [0.15, 0.2) is 18.2 Å². The minimum absolute atomic E-state index is 0.550. The molecule has 0 heterocycles. The van der Waals surface area contributed by atoms with Crippen molar-refractivity contribution in [2.75, 3.05) is 25.6 Å². The summed E-state index contributed by atoms with van der Waals surface area (Å²) in [6.45, 7) is 4.12. The summed E-state index contributed by atoms with van der Waals surface area (Å²) in [7, 11) is 0. The van der Waals surface area contributed by atoms with E-state index in [-0.39, 0.29) is 0 Å². The van der Waals surface area contributed by atoms with E-state index in [0.29, 0.717) is 18.9 Å². The minimum Gasteiger partial charge on any atom is -0.489 e. The van der Waals surface area contributed by atoms with Crippen molar-refractivity contribution in [3.63, 3.8) is 0 Å². The lowest BCUT2D eigenvalue weighted by molar-refractivity contribution is 0.0983. The largest absolute Gasteiger partial charge is 0.489 e. The molecule has 1 rings (SSSR count). The van der Waals surface area contributed by atoms with E-state index in [9.17, 15) is 0 Å². The first-order chi connectivity index (χ1) is 7.74. The van der Waals surface area contributed by atoms with Crippen LogP contribution in [-0.2, 0) is 4.74 Å². The van der Waals surface area contributed by atoms with Gasteiger partial charge in [-0.3, -0.25) is 0 Å². The van der Waals surface area contributed by atoms with Crippen molar-refractivity contribution in [1.29, 1.82) is 0 Å². The number of ether oxygens (including phenoxy) is 2. The second-order valence-corrected chi connectivity index (χ2v) is 4.74. The summed E-state index contributed by atoms with van der Waals surface area (Å²) < 4.78 is 12.0. The Morgan fingerprint density at radius 1 is 1.25 bits per heavy atom. The molecule has 2 N–H and O–H groups in total. The summed E-state index contributed by atoms with van der Waals surface area (Å²) in [4.78, 5) is 0. The third kappa shape index (κ3) is 5.03. The van der Waals surface area contributed by atoms with Gasteiger partial charge in [-0.1, -0.05) is 13.3 Å². The van der Waals surface area contributed by atoms with Crippen molar-refractivity contribution in [2.24, 2.45) is 0 Å². The SMILES string of the molecule is CCCCOCCOc1ccc(I)cc1N. The second-order valence-electron chi connectivity index (χ2n) is 3.50. The first kappa shape index (κ1) is 13.6. The molecule has 16 heavy (non-hydrogen) atoms. The van der Waals surface area contributed by atoms with Crippen LogP contribution in [0, 0.1) is 3.57 Å². The lowest BCUT2D eigenvalue weighted by Crippen LogP contribution is -2.08. The lowest BCUT2D eigenvalue weighted by atomic mass is 10.3. The summed E-state index contributed by atoms with van der Waals surface area (Å²) in [5, 5.41) is 0. The van der Waals surface area contributed by atoms with Gasteiger partial charge in [0.25, 0.3) is 0 Å². The van der Waals surface area contributed by atoms with E-state index in [1.54, 1.807) is 0 Å². The van der Waals surface area contributed by atoms with Crippen LogP contribution in [0.2, 0.25) is 0 Å². The molecular weight excluding hydrogens is 317 g/mol. The van der Waals surface area contributed by atoms with Crippen LogP contribution in [0.1, 0.15) is 19.8 Å². The number of hydrogen-bond donors (Lipinski definition) is 1. The fourth-order valence-corrected chi connectivity index (χ4v) is 1.73. The maximum absolute atomic E-state index is 5.81. The van der Waals surface area contributed by atoms with E-state index in [4.69, 9.17) is 15.2 Å². The van der Waals surface area contributed by atoms with E-state index >= 15 is 0 Å². The molecule has 1 aromatic carbocycles. The summed E-state index contributed by atoms with van der Waals surface area (Å²) in [6.07, 6.45) is 2.26. The molecule has 0 saturated heterocycles. The summed E-state index contributed by atoms with van der Waals surface area (Å²) >= 11 is 2.22. The summed E-state index contributed by atoms with van der Waals surface area (Å²) in [5.41, 5.74) is 6.49. The molecule has 0 aromatic heterocycles. The summed E-state index contributed by atoms with van der Waals surface area (Å²) in [5.74, 6) is 0.736. The minimum atomic E-state index is 0.550. The molecule has 0 amide bonds. The van der Waals surface area contributed by atoms with Crippen molar-refractivity contribution in [2.45, 2.75) is 19.8 Å². The maximum atomic E-state index is 5.81. The molecule has 0 saturated carbocycles. The zero-order valence-electron chi connectivity index (χ0n) is 9.54. The third-order valence-electron chi connectivity index (χ3n) is 2.10. The predicted octanol–water partition coefficient (Wildman–Crippen LogP) is 3.07. The van der Waals surface area contributed by atoms with Crippen LogP contribution >= 0.6 is 22.6 Å². The first-order valence-corrected chi connectivity index (χ1v) is 6.57. The highest BCUT2D eigenvalue weighted by molar-refractivity contribution is 14.1. The second kappa shape index (κ2) is 7.73. The van der Waals surface area contributed by atoms with E-state index in [2.05, 4.69) is 29.5 Å². The van der Waals surface area contributed by atoms with Crippen LogP contribution in [0.25, 0.3) is 0 Å². The molecule has 0 atom stereocenters. The maximum Gasteiger partial charge on any atom is 0.142 e. The Morgan fingerprint density at radius 3 is 2.75 bits per heavy atom. The van der Waals surface area contributed by atoms with Gasteiger partial charge in [-0.25, -0.2) is 0 Å². The van der Waals surface area contributed by atoms with E-state index < -0.39 is 0 Å². The predicted molar refractivity (Wildman–Crippen MR) is 74.8 cm³/mol. The number of hydrogen-bond acceptors (Lipinski definition) is 3. The molecule has 0 aliphatic carbocycles. The highest BCUT2D eigenvalue weighted by atomic mass is 127. The normalized spacial score (nSPS) is 10.4. The fourth-order valence-electron chi connectivity index (χ4n) is 1.21. The molecule has 1 aromatic rings. The zero-order chi connectivity index (χ0) is 11.8. The van der Waals surface area contributed by atoms with Crippen LogP contribution in [-0.4, -0.2) is 19.8 Å². The third-order valence-corrected chi connectivity index (χ3v) is 2.77. The van der Waals surface area contributed by atoms with Crippen molar-refractivity contribution in [3.05, 3.63) is 21.8 Å². The van der Waals surface area contributed by atoms with Crippen LogP contribution in [0.5, 0.6) is 5.75 Å². The number of rotatable bonds is 7. The average Bonchev–Trinajstić information content (AvgIpc) is 2.26. The zero-order valence-corrected chi connectivity index (χ0v) is 11.7. The van der Waals surface area contributed by atoms with Crippen molar-refractivity contribution in [1.82, 2.24) is 0 Å². The average molecular weight is 335 g/mol. The van der Waals surface area contributed by atoms with Crippen molar-refractivity contribution < 1.29 is 9.47 Å². The van der Waals surface area contributed by atoms with E-state index in [0.717, 1.165) is 28.8 Å². The number of nitrogen functional groups attached to an aromatic ring is 1. The Morgan fingerprint density at radius 2 is 2.06 bits per heavy atom. The van der Waals surface area contributed by atoms with Crippen LogP contribution < -0.4 is 10.5 Å². The van der Waals surface area contributed by atoms with E-state index in [1.165, 1.54) is 0 Å². The Bertz CT molecular complexity index is 318. The van der Waals surface area contributed by atoms with Gasteiger partial charge < -0.3 is 15.2 Å². The van der Waals surface area contributed by atoms with Gasteiger partial charge in [-0.05, 0) is 47.2 Å². The monoisotopic (exact) mass is 335 g/mol. The highest BCUT2D eigenvalue weighted by Gasteiger charge is 2.00. The van der Waals surface area contributed by atoms with Gasteiger partial charge in [0.1, 0.15) is 12.4 Å². The molecule has 0 aliphatic rings. The molecule has 0 spiro atoms. The van der Waals surface area contributed by atoms with Gasteiger partial charge in [-0.15, -0.1) is 0 Å². The van der Waals surface area contributed by atoms with Gasteiger partial charge in [-0.2, -0.15) is 0 Å². The van der Waals surface area contributed by atoms with Gasteiger partial charge in [0, 0.05) is 10.2 Å². The smallest absolute Gasteiger partial charge is 0.142 e. The Kier molecular flexibility index (Phi) is 6.56. The lowest BCUT2D eigenvalue weighted by Gasteiger charge is -2.09. The standard InChI is InChI=1S/C12H18INO2/c1-2-3-6-15-7-8-16-12-5-4-10(13)9-11(12)14/h4-5,9H,2-3,6-8,14H2,1H3. The van der Waals surface area contributed by atoms with E-state index in [1.807, 2.05) is 18.2 Å². The Balaban J connectivity index is 2.21. The number of benzene rings is 1. The number of halogens is 1. The molecule has 0 fully saturated rings. The highest BCUT2D eigenvalue weighted by Crippen LogP contribution is 2.23. The van der Waals surface area contributed by atoms with Gasteiger partial charge >= 0.3 is 0 Å². The molecule has 4 heteroatoms. The first-order valence-electron chi connectivity index (χ1n) is 5.49. The molecule has 0 unspecified atom stereocenters. The number of unbranched alkanes of at least 4 members (excludes halogenated alkanes) is 1. The molecular formula is C12H18INO2. The number of anilines is 1. The van der Waals surface area contributed by atoms with Crippen LogP contribution in [0.4, 0.5) is 5.69 Å². The topological polar surface area (TPSA) is 44.5 Å². The molecule has 0 aliphatic heterocycles.